The Morgan fingerprint density at radius 1 is 0.960 bits per heavy atom. The van der Waals surface area contributed by atoms with Gasteiger partial charge in [0.15, 0.2) is 0 Å². The van der Waals surface area contributed by atoms with Crippen molar-refractivity contribution in [1.29, 1.82) is 0 Å². The molecule has 0 unspecified atom stereocenters. The minimum atomic E-state index is -0.222. The number of rotatable bonds is 5. The van der Waals surface area contributed by atoms with Crippen molar-refractivity contribution in [2.45, 2.75) is 20.8 Å². The van der Waals surface area contributed by atoms with E-state index in [1.54, 1.807) is 0 Å². The van der Waals surface area contributed by atoms with Crippen LogP contribution in [0.3, 0.4) is 0 Å². The molecule has 0 radical (unpaired) electrons. The lowest BCUT2D eigenvalue weighted by atomic mass is 10.1. The Balaban J connectivity index is 2.14. The van der Waals surface area contributed by atoms with E-state index in [1.165, 1.54) is 11.8 Å². The normalized spacial score (nSPS) is 10.3. The smallest absolute Gasteiger partial charge is 0.244 e. The molecule has 0 atom stereocenters. The maximum absolute atomic E-state index is 12.4. The van der Waals surface area contributed by atoms with Crippen LogP contribution in [0.4, 0.5) is 17.1 Å². The van der Waals surface area contributed by atoms with E-state index < -0.39 is 0 Å². The molecule has 1 N–H and O–H groups in total. The molecule has 132 valence electrons. The van der Waals surface area contributed by atoms with Gasteiger partial charge in [-0.2, -0.15) is 0 Å². The third kappa shape index (κ3) is 4.83. The van der Waals surface area contributed by atoms with E-state index in [2.05, 4.69) is 5.32 Å². The van der Waals surface area contributed by atoms with Crippen molar-refractivity contribution < 1.29 is 9.59 Å². The van der Waals surface area contributed by atoms with E-state index in [4.69, 9.17) is 0 Å². The standard InChI is InChI=1S/C20H25N3O2/c1-14-6-7-15(2)19(12-14)21-20(25)13-23(16(3)24)18-10-8-17(9-11-18)22(4)5/h6-12H,13H2,1-5H3,(H,21,25). The highest BCUT2D eigenvalue weighted by atomic mass is 16.2. The first kappa shape index (κ1) is 18.5. The van der Waals surface area contributed by atoms with Gasteiger partial charge in [0.25, 0.3) is 0 Å². The second-order valence-corrected chi connectivity index (χ2v) is 6.38. The summed E-state index contributed by atoms with van der Waals surface area (Å²) in [5, 5.41) is 2.89. The van der Waals surface area contributed by atoms with Crippen LogP contribution in [-0.4, -0.2) is 32.5 Å². The predicted octanol–water partition coefficient (Wildman–Crippen LogP) is 3.36. The van der Waals surface area contributed by atoms with Crippen molar-refractivity contribution >= 4 is 28.9 Å². The third-order valence-corrected chi connectivity index (χ3v) is 4.03. The van der Waals surface area contributed by atoms with Gasteiger partial charge in [0.1, 0.15) is 6.54 Å². The van der Waals surface area contributed by atoms with Gasteiger partial charge in [-0.15, -0.1) is 0 Å². The van der Waals surface area contributed by atoms with Gasteiger partial charge in [0.2, 0.25) is 11.8 Å². The summed E-state index contributed by atoms with van der Waals surface area (Å²) in [7, 11) is 3.91. The highest BCUT2D eigenvalue weighted by Gasteiger charge is 2.16. The van der Waals surface area contributed by atoms with Crippen LogP contribution in [-0.2, 0) is 9.59 Å². The van der Waals surface area contributed by atoms with E-state index in [1.807, 2.05) is 75.3 Å². The molecule has 25 heavy (non-hydrogen) atoms. The number of hydrogen-bond donors (Lipinski definition) is 1. The predicted molar refractivity (Wildman–Crippen MR) is 103 cm³/mol. The number of amides is 2. The van der Waals surface area contributed by atoms with E-state index in [-0.39, 0.29) is 18.4 Å². The number of nitrogens with one attached hydrogen (secondary N) is 1. The average molecular weight is 339 g/mol. The molecule has 0 saturated heterocycles. The molecule has 0 saturated carbocycles. The molecule has 5 nitrogen and oxygen atoms in total. The second kappa shape index (κ2) is 7.83. The van der Waals surface area contributed by atoms with Gasteiger partial charge in [-0.1, -0.05) is 12.1 Å². The molecule has 0 aromatic heterocycles. The zero-order valence-electron chi connectivity index (χ0n) is 15.5. The number of anilines is 3. The zero-order valence-corrected chi connectivity index (χ0v) is 15.5. The van der Waals surface area contributed by atoms with Gasteiger partial charge in [0.05, 0.1) is 0 Å². The molecule has 0 fully saturated rings. The van der Waals surface area contributed by atoms with Crippen LogP contribution in [0.5, 0.6) is 0 Å². The van der Waals surface area contributed by atoms with Crippen molar-refractivity contribution in [2.24, 2.45) is 0 Å². The largest absolute Gasteiger partial charge is 0.378 e. The van der Waals surface area contributed by atoms with Gasteiger partial charge in [-0.3, -0.25) is 9.59 Å². The summed E-state index contributed by atoms with van der Waals surface area (Å²) in [6.07, 6.45) is 0. The molecule has 2 rings (SSSR count). The lowest BCUT2D eigenvalue weighted by Crippen LogP contribution is -2.36. The van der Waals surface area contributed by atoms with Crippen LogP contribution in [0.1, 0.15) is 18.1 Å². The van der Waals surface area contributed by atoms with Crippen LogP contribution in [0.15, 0.2) is 42.5 Å². The van der Waals surface area contributed by atoms with Gasteiger partial charge in [0, 0.05) is 38.1 Å². The summed E-state index contributed by atoms with van der Waals surface area (Å²) < 4.78 is 0. The molecule has 0 bridgehead atoms. The number of aryl methyl sites for hydroxylation is 2. The van der Waals surface area contributed by atoms with Crippen molar-refractivity contribution in [3.63, 3.8) is 0 Å². The van der Waals surface area contributed by atoms with Crippen molar-refractivity contribution in [2.75, 3.05) is 35.8 Å². The first-order chi connectivity index (χ1) is 11.8. The van der Waals surface area contributed by atoms with Crippen LogP contribution in [0.2, 0.25) is 0 Å². The molecule has 0 aliphatic carbocycles. The van der Waals surface area contributed by atoms with Gasteiger partial charge < -0.3 is 15.1 Å². The topological polar surface area (TPSA) is 52.7 Å². The maximum Gasteiger partial charge on any atom is 0.244 e. The average Bonchev–Trinajstić information content (AvgIpc) is 2.56. The number of benzene rings is 2. The lowest BCUT2D eigenvalue weighted by molar-refractivity contribution is -0.120. The van der Waals surface area contributed by atoms with Crippen LogP contribution in [0.25, 0.3) is 0 Å². The van der Waals surface area contributed by atoms with Crippen LogP contribution in [0, 0.1) is 13.8 Å². The van der Waals surface area contributed by atoms with E-state index in [9.17, 15) is 9.59 Å². The molecule has 0 heterocycles. The van der Waals surface area contributed by atoms with Gasteiger partial charge in [-0.05, 0) is 55.3 Å². The Bertz CT molecular complexity index is 767. The van der Waals surface area contributed by atoms with Crippen molar-refractivity contribution in [3.05, 3.63) is 53.6 Å². The maximum atomic E-state index is 12.4. The second-order valence-electron chi connectivity index (χ2n) is 6.38. The summed E-state index contributed by atoms with van der Waals surface area (Å²) in [5.41, 5.74) is 4.57. The van der Waals surface area contributed by atoms with E-state index in [0.29, 0.717) is 5.69 Å². The third-order valence-electron chi connectivity index (χ3n) is 4.03. The summed E-state index contributed by atoms with van der Waals surface area (Å²) in [6, 6.07) is 13.4. The summed E-state index contributed by atoms with van der Waals surface area (Å²) in [4.78, 5) is 27.9. The number of carbonyl (C=O) groups is 2. The zero-order chi connectivity index (χ0) is 18.6. The molecule has 2 aromatic rings. The first-order valence-corrected chi connectivity index (χ1v) is 8.20. The van der Waals surface area contributed by atoms with Crippen molar-refractivity contribution in [1.82, 2.24) is 0 Å². The number of hydrogen-bond acceptors (Lipinski definition) is 3. The monoisotopic (exact) mass is 339 g/mol. The summed E-state index contributed by atoms with van der Waals surface area (Å²) >= 11 is 0. The number of nitrogens with zero attached hydrogens (tertiary/aromatic N) is 2. The fourth-order valence-corrected chi connectivity index (χ4v) is 2.52. The highest BCUT2D eigenvalue weighted by molar-refractivity contribution is 6.02. The fourth-order valence-electron chi connectivity index (χ4n) is 2.52. The quantitative estimate of drug-likeness (QED) is 0.909. The fraction of sp³-hybridized carbons (Fsp3) is 0.300. The molecular weight excluding hydrogens is 314 g/mol. The molecule has 0 spiro atoms. The Morgan fingerprint density at radius 3 is 2.12 bits per heavy atom. The SMILES string of the molecule is CC(=O)N(CC(=O)Nc1cc(C)ccc1C)c1ccc(N(C)C)cc1. The first-order valence-electron chi connectivity index (χ1n) is 8.20. The number of carbonyl (C=O) groups excluding carboxylic acids is 2. The Kier molecular flexibility index (Phi) is 5.80. The van der Waals surface area contributed by atoms with Crippen LogP contribution < -0.4 is 15.1 Å². The summed E-state index contributed by atoms with van der Waals surface area (Å²) in [6.45, 7) is 5.36. The van der Waals surface area contributed by atoms with Gasteiger partial charge >= 0.3 is 0 Å². The van der Waals surface area contributed by atoms with E-state index >= 15 is 0 Å². The molecular formula is C20H25N3O2. The molecule has 0 aliphatic heterocycles. The van der Waals surface area contributed by atoms with Crippen molar-refractivity contribution in [3.8, 4) is 0 Å². The molecule has 5 heteroatoms. The van der Waals surface area contributed by atoms with Crippen LogP contribution >= 0.6 is 0 Å². The Hall–Kier alpha value is -2.82. The minimum Gasteiger partial charge on any atom is -0.378 e. The Labute approximate surface area is 149 Å². The Morgan fingerprint density at radius 2 is 1.56 bits per heavy atom. The molecule has 2 amide bonds. The molecule has 2 aromatic carbocycles. The van der Waals surface area contributed by atoms with E-state index in [0.717, 1.165) is 22.5 Å². The highest BCUT2D eigenvalue weighted by Crippen LogP contribution is 2.20. The molecule has 0 aliphatic rings. The summed E-state index contributed by atoms with van der Waals surface area (Å²) in [5.74, 6) is -0.394. The van der Waals surface area contributed by atoms with Gasteiger partial charge in [-0.25, -0.2) is 0 Å². The minimum absolute atomic E-state index is 0.0238. The lowest BCUT2D eigenvalue weighted by Gasteiger charge is -2.22.